The Labute approximate surface area is 94.4 Å². The number of benzene rings is 1. The number of nitro groups is 1. The zero-order valence-corrected chi connectivity index (χ0v) is 8.62. The van der Waals surface area contributed by atoms with Crippen molar-refractivity contribution in [2.24, 2.45) is 5.73 Å². The zero-order valence-electron chi connectivity index (χ0n) is 8.62. The Morgan fingerprint density at radius 2 is 2.06 bits per heavy atom. The predicted octanol–water partition coefficient (Wildman–Crippen LogP) is 1.97. The lowest BCUT2D eigenvalue weighted by molar-refractivity contribution is -0.387. The van der Waals surface area contributed by atoms with E-state index in [1.807, 2.05) is 0 Å². The molecular formula is C10H9F3N2O2. The maximum Gasteiger partial charge on any atom is 0.304 e. The number of nitrogens with zero attached hydrogens (tertiary/aromatic N) is 1. The van der Waals surface area contributed by atoms with Gasteiger partial charge in [-0.3, -0.25) is 10.1 Å². The van der Waals surface area contributed by atoms with Crippen LogP contribution in [0.1, 0.15) is 12.0 Å². The highest BCUT2D eigenvalue weighted by Gasteiger charge is 2.71. The molecule has 0 aliphatic heterocycles. The van der Waals surface area contributed by atoms with Gasteiger partial charge in [0, 0.05) is 19.0 Å². The smallest absolute Gasteiger partial charge is 0.304 e. The highest BCUT2D eigenvalue weighted by Crippen LogP contribution is 2.61. The van der Waals surface area contributed by atoms with Gasteiger partial charge in [0.15, 0.2) is 0 Å². The van der Waals surface area contributed by atoms with Crippen LogP contribution in [0.3, 0.4) is 0 Å². The van der Waals surface area contributed by atoms with Crippen LogP contribution in [0.2, 0.25) is 0 Å². The summed E-state index contributed by atoms with van der Waals surface area (Å²) in [6, 6.07) is 2.79. The van der Waals surface area contributed by atoms with Crippen molar-refractivity contribution in [2.45, 2.75) is 17.8 Å². The standard InChI is InChI=1S/C10H9F3N2O2/c11-7-3-6(1-2-8(7)15(16)17)9(5-14)4-10(9,12)13/h1-3H,4-5,14H2. The molecule has 0 bridgehead atoms. The molecule has 17 heavy (non-hydrogen) atoms. The van der Waals surface area contributed by atoms with Crippen LogP contribution < -0.4 is 5.73 Å². The first-order valence-corrected chi connectivity index (χ1v) is 4.86. The van der Waals surface area contributed by atoms with E-state index in [1.54, 1.807) is 0 Å². The first-order chi connectivity index (χ1) is 7.84. The third-order valence-corrected chi connectivity index (χ3v) is 3.14. The SMILES string of the molecule is NCC1(c2ccc([N+](=O)[O-])c(F)c2)CC1(F)F. The first kappa shape index (κ1) is 11.8. The summed E-state index contributed by atoms with van der Waals surface area (Å²) in [6.07, 6.45) is -0.451. The maximum absolute atomic E-state index is 13.3. The monoisotopic (exact) mass is 246 g/mol. The van der Waals surface area contributed by atoms with Crippen molar-refractivity contribution in [1.82, 2.24) is 0 Å². The van der Waals surface area contributed by atoms with Crippen LogP contribution in [-0.4, -0.2) is 17.4 Å². The van der Waals surface area contributed by atoms with Crippen molar-refractivity contribution < 1.29 is 18.1 Å². The van der Waals surface area contributed by atoms with E-state index in [0.717, 1.165) is 18.2 Å². The van der Waals surface area contributed by atoms with Crippen LogP contribution in [0.15, 0.2) is 18.2 Å². The van der Waals surface area contributed by atoms with E-state index in [-0.39, 0.29) is 12.1 Å². The molecule has 4 nitrogen and oxygen atoms in total. The van der Waals surface area contributed by atoms with E-state index >= 15 is 0 Å². The number of hydrogen-bond acceptors (Lipinski definition) is 3. The fourth-order valence-corrected chi connectivity index (χ4v) is 1.94. The van der Waals surface area contributed by atoms with Gasteiger partial charge in [-0.05, 0) is 11.6 Å². The average molecular weight is 246 g/mol. The Morgan fingerprint density at radius 3 is 2.41 bits per heavy atom. The van der Waals surface area contributed by atoms with Crippen molar-refractivity contribution in [1.29, 1.82) is 0 Å². The molecule has 1 aromatic carbocycles. The minimum Gasteiger partial charge on any atom is -0.329 e. The second-order valence-electron chi connectivity index (χ2n) is 4.09. The van der Waals surface area contributed by atoms with Gasteiger partial charge in [-0.1, -0.05) is 6.07 Å². The highest BCUT2D eigenvalue weighted by molar-refractivity contribution is 5.44. The number of rotatable bonds is 3. The Hall–Kier alpha value is -1.63. The summed E-state index contributed by atoms with van der Waals surface area (Å²) in [5.41, 5.74) is 3.00. The molecule has 1 aromatic rings. The fraction of sp³-hybridized carbons (Fsp3) is 0.400. The van der Waals surface area contributed by atoms with E-state index in [4.69, 9.17) is 5.73 Å². The van der Waals surface area contributed by atoms with Crippen molar-refractivity contribution in [3.63, 3.8) is 0 Å². The molecule has 1 fully saturated rings. The molecule has 1 atom stereocenters. The third-order valence-electron chi connectivity index (χ3n) is 3.14. The summed E-state index contributed by atoms with van der Waals surface area (Å²) >= 11 is 0. The van der Waals surface area contributed by atoms with E-state index < -0.39 is 34.2 Å². The number of hydrogen-bond donors (Lipinski definition) is 1. The summed E-state index contributed by atoms with van der Waals surface area (Å²) in [6.45, 7) is -0.322. The molecule has 2 rings (SSSR count). The molecule has 92 valence electrons. The molecule has 0 aromatic heterocycles. The van der Waals surface area contributed by atoms with Gasteiger partial charge < -0.3 is 5.73 Å². The largest absolute Gasteiger partial charge is 0.329 e. The lowest BCUT2D eigenvalue weighted by atomic mass is 9.95. The van der Waals surface area contributed by atoms with Crippen molar-refractivity contribution >= 4 is 5.69 Å². The van der Waals surface area contributed by atoms with E-state index in [1.165, 1.54) is 0 Å². The quantitative estimate of drug-likeness (QED) is 0.654. The van der Waals surface area contributed by atoms with Crippen LogP contribution in [0.25, 0.3) is 0 Å². The molecule has 0 spiro atoms. The van der Waals surface area contributed by atoms with Gasteiger partial charge in [-0.25, -0.2) is 8.78 Å². The first-order valence-electron chi connectivity index (χ1n) is 4.86. The van der Waals surface area contributed by atoms with Crippen molar-refractivity contribution in [3.05, 3.63) is 39.7 Å². The number of nitrogens with two attached hydrogens (primary N) is 1. The van der Waals surface area contributed by atoms with Crippen LogP contribution in [0, 0.1) is 15.9 Å². The van der Waals surface area contributed by atoms with Crippen LogP contribution >= 0.6 is 0 Å². The normalized spacial score (nSPS) is 25.6. The molecule has 0 saturated heterocycles. The lowest BCUT2D eigenvalue weighted by Crippen LogP contribution is -2.26. The molecular weight excluding hydrogens is 237 g/mol. The minimum atomic E-state index is -2.97. The van der Waals surface area contributed by atoms with Crippen molar-refractivity contribution in [2.75, 3.05) is 6.54 Å². The molecule has 0 heterocycles. The summed E-state index contributed by atoms with van der Waals surface area (Å²) in [5, 5.41) is 10.4. The molecule has 7 heteroatoms. The minimum absolute atomic E-state index is 0.00750. The van der Waals surface area contributed by atoms with Gasteiger partial charge in [0.2, 0.25) is 5.82 Å². The summed E-state index contributed by atoms with van der Waals surface area (Å²) in [4.78, 5) is 9.48. The average Bonchev–Trinajstić information content (AvgIpc) is 2.81. The van der Waals surface area contributed by atoms with Gasteiger partial charge >= 0.3 is 5.69 Å². The Bertz CT molecular complexity index is 492. The predicted molar refractivity (Wildman–Crippen MR) is 53.4 cm³/mol. The summed E-state index contributed by atoms with van der Waals surface area (Å²) in [5.74, 6) is -4.09. The van der Waals surface area contributed by atoms with Gasteiger partial charge in [-0.15, -0.1) is 0 Å². The Kier molecular flexibility index (Phi) is 2.39. The van der Waals surface area contributed by atoms with Crippen LogP contribution in [0.5, 0.6) is 0 Å². The Balaban J connectivity index is 2.43. The number of nitro benzene ring substituents is 1. The van der Waals surface area contributed by atoms with E-state index in [0.29, 0.717) is 0 Å². The molecule has 1 aliphatic rings. The summed E-state index contributed by atoms with van der Waals surface area (Å²) < 4.78 is 39.7. The van der Waals surface area contributed by atoms with Gasteiger partial charge in [0.25, 0.3) is 5.92 Å². The zero-order chi connectivity index (χ0) is 12.8. The van der Waals surface area contributed by atoms with Crippen molar-refractivity contribution in [3.8, 4) is 0 Å². The van der Waals surface area contributed by atoms with Crippen LogP contribution in [0.4, 0.5) is 18.9 Å². The number of halogens is 3. The van der Waals surface area contributed by atoms with Gasteiger partial charge in [0.05, 0.1) is 10.3 Å². The second-order valence-corrected chi connectivity index (χ2v) is 4.09. The van der Waals surface area contributed by atoms with Gasteiger partial charge in [0.1, 0.15) is 0 Å². The molecule has 2 N–H and O–H groups in total. The van der Waals surface area contributed by atoms with Gasteiger partial charge in [-0.2, -0.15) is 4.39 Å². The summed E-state index contributed by atoms with van der Waals surface area (Å²) in [7, 11) is 0. The van der Waals surface area contributed by atoms with Crippen LogP contribution in [-0.2, 0) is 5.41 Å². The molecule has 1 saturated carbocycles. The molecule has 1 aliphatic carbocycles. The van der Waals surface area contributed by atoms with E-state index in [2.05, 4.69) is 0 Å². The fourth-order valence-electron chi connectivity index (χ4n) is 1.94. The highest BCUT2D eigenvalue weighted by atomic mass is 19.3. The lowest BCUT2D eigenvalue weighted by Gasteiger charge is -2.14. The molecule has 0 radical (unpaired) electrons. The number of alkyl halides is 2. The maximum atomic E-state index is 13.3. The topological polar surface area (TPSA) is 69.2 Å². The second kappa shape index (κ2) is 3.43. The Morgan fingerprint density at radius 1 is 1.47 bits per heavy atom. The third kappa shape index (κ3) is 1.57. The molecule has 1 unspecified atom stereocenters. The molecule has 0 amide bonds. The van der Waals surface area contributed by atoms with E-state index in [9.17, 15) is 23.3 Å².